The van der Waals surface area contributed by atoms with Crippen molar-refractivity contribution in [2.24, 2.45) is 0 Å². The maximum absolute atomic E-state index is 11.1. The number of aliphatic hydroxyl groups is 1. The number of carboxylic acids is 1. The van der Waals surface area contributed by atoms with Crippen molar-refractivity contribution >= 4 is 47.9 Å². The first-order chi connectivity index (χ1) is 13.2. The fraction of sp³-hybridized carbons (Fsp3) is 0.538. The summed E-state index contributed by atoms with van der Waals surface area (Å²) in [6, 6.07) is 0. The zero-order valence-electron chi connectivity index (χ0n) is 14.3. The number of imidazole rings is 1. The van der Waals surface area contributed by atoms with Crippen LogP contribution in [0.15, 0.2) is 6.33 Å². The Bertz CT molecular complexity index is 891. The Labute approximate surface area is 168 Å². The van der Waals surface area contributed by atoms with Gasteiger partial charge in [-0.15, -0.1) is 0 Å². The van der Waals surface area contributed by atoms with Gasteiger partial charge in [-0.05, 0) is 24.4 Å². The van der Waals surface area contributed by atoms with E-state index >= 15 is 0 Å². The number of rotatable bonds is 6. The van der Waals surface area contributed by atoms with Gasteiger partial charge < -0.3 is 29.5 Å². The van der Waals surface area contributed by atoms with Crippen LogP contribution in [0.3, 0.4) is 0 Å². The number of carbonyl (C=O) groups is 1. The zero-order valence-corrected chi connectivity index (χ0v) is 16.8. The summed E-state index contributed by atoms with van der Waals surface area (Å²) in [6.45, 7) is -0.290. The Balaban J connectivity index is 0.00000136. The molecule has 2 unspecified atom stereocenters. The molecule has 0 saturated carbocycles. The smallest absolute Gasteiger partial charge is 0.365 e. The summed E-state index contributed by atoms with van der Waals surface area (Å²) in [4.78, 5) is 40.9. The largest absolute Gasteiger partial charge is 0.479 e. The van der Waals surface area contributed by atoms with Crippen LogP contribution in [0.1, 0.15) is 19.1 Å². The van der Waals surface area contributed by atoms with Crippen molar-refractivity contribution in [3.63, 3.8) is 0 Å². The molecule has 3 atom stereocenters. The topological polar surface area (TPSA) is 177 Å². The molecular weight excluding hydrogens is 442 g/mol. The number of halogens is 2. The summed E-state index contributed by atoms with van der Waals surface area (Å²) in [6.07, 6.45) is 1.41. The normalized spacial score (nSPS) is 20.6. The fourth-order valence-corrected chi connectivity index (χ4v) is 3.58. The van der Waals surface area contributed by atoms with Crippen LogP contribution in [0, 0.1) is 0 Å². The zero-order chi connectivity index (χ0) is 21.1. The van der Waals surface area contributed by atoms with Crippen molar-refractivity contribution in [1.29, 1.82) is 0 Å². The molecule has 0 spiro atoms. The third-order valence-corrected chi connectivity index (χ3v) is 5.12. The van der Waals surface area contributed by atoms with Crippen LogP contribution >= 0.6 is 30.8 Å². The third-order valence-electron chi connectivity index (χ3n) is 3.70. The molecule has 156 valence electrons. The summed E-state index contributed by atoms with van der Waals surface area (Å²) in [5, 5.41) is 15.9. The van der Waals surface area contributed by atoms with Gasteiger partial charge in [-0.2, -0.15) is 4.98 Å². The molecule has 4 N–H and O–H groups in total. The summed E-state index contributed by atoms with van der Waals surface area (Å²) in [5.74, 6) is -3.97. The summed E-state index contributed by atoms with van der Waals surface area (Å²) in [7, 11) is -3.93. The highest BCUT2D eigenvalue weighted by Crippen LogP contribution is 2.42. The fourth-order valence-electron chi connectivity index (χ4n) is 2.59. The van der Waals surface area contributed by atoms with E-state index in [1.165, 1.54) is 6.33 Å². The Kier molecular flexibility index (Phi) is 7.71. The highest BCUT2D eigenvalue weighted by molar-refractivity contribution is 7.53. The van der Waals surface area contributed by atoms with E-state index < -0.39 is 31.7 Å². The van der Waals surface area contributed by atoms with Crippen molar-refractivity contribution in [2.75, 3.05) is 13.7 Å². The number of ether oxygens (including phenoxy) is 2. The highest BCUT2D eigenvalue weighted by atomic mass is 35.5. The summed E-state index contributed by atoms with van der Waals surface area (Å²) >= 11 is 11.8. The first-order valence-electron chi connectivity index (χ1n) is 7.72. The molecule has 1 aliphatic heterocycles. The first kappa shape index (κ1) is 22.9. The molecular formula is C13H17Cl2N4O8P. The van der Waals surface area contributed by atoms with Crippen molar-refractivity contribution < 1.29 is 38.8 Å². The van der Waals surface area contributed by atoms with Crippen molar-refractivity contribution in [1.82, 2.24) is 19.5 Å². The minimum atomic E-state index is -4.93. The maximum atomic E-state index is 11.1. The lowest BCUT2D eigenvalue weighted by atomic mass is 10.2. The van der Waals surface area contributed by atoms with Gasteiger partial charge in [0.2, 0.25) is 5.28 Å². The van der Waals surface area contributed by atoms with E-state index in [1.54, 1.807) is 4.57 Å². The number of fused-ring (bicyclic) bond motifs is 1. The van der Waals surface area contributed by atoms with Crippen LogP contribution in [0.5, 0.6) is 0 Å². The summed E-state index contributed by atoms with van der Waals surface area (Å²) in [5.41, 5.74) is 0.729. The Hall–Kier alpha value is -1.37. The monoisotopic (exact) mass is 458 g/mol. The number of hydrogen-bond donors (Lipinski definition) is 4. The molecule has 3 rings (SSSR count). The molecule has 0 amide bonds. The minimum Gasteiger partial charge on any atom is -0.479 e. The van der Waals surface area contributed by atoms with Crippen LogP contribution in [-0.2, 0) is 18.8 Å². The van der Waals surface area contributed by atoms with E-state index in [4.69, 9.17) is 52.7 Å². The van der Waals surface area contributed by atoms with Crippen molar-refractivity contribution in [3.05, 3.63) is 16.8 Å². The number of hydrogen-bond acceptors (Lipinski definition) is 8. The second-order valence-corrected chi connectivity index (χ2v) is 7.85. The number of aliphatic hydroxyl groups excluding tert-OH is 1. The minimum absolute atomic E-state index is 0.0481. The Morgan fingerprint density at radius 1 is 1.39 bits per heavy atom. The van der Waals surface area contributed by atoms with E-state index in [0.717, 1.165) is 7.11 Å². The van der Waals surface area contributed by atoms with Crippen LogP contribution in [0.25, 0.3) is 11.2 Å². The van der Waals surface area contributed by atoms with Crippen LogP contribution < -0.4 is 0 Å². The molecule has 1 aliphatic rings. The van der Waals surface area contributed by atoms with E-state index in [9.17, 15) is 9.36 Å². The van der Waals surface area contributed by atoms with E-state index in [0.29, 0.717) is 24.0 Å². The Morgan fingerprint density at radius 2 is 2.07 bits per heavy atom. The molecule has 28 heavy (non-hydrogen) atoms. The molecule has 1 saturated heterocycles. The number of nitrogens with zero attached hydrogens (tertiary/aromatic N) is 4. The SMILES string of the molecule is CO.O=C(O)C(OC[C@@H]1CCC(n2cnc3c(Cl)nc(Cl)nc32)O1)P(=O)(O)O. The van der Waals surface area contributed by atoms with Crippen molar-refractivity contribution in [3.8, 4) is 0 Å². The molecule has 2 aromatic rings. The van der Waals surface area contributed by atoms with Gasteiger partial charge in [-0.1, -0.05) is 11.6 Å². The number of aromatic nitrogens is 4. The average molecular weight is 459 g/mol. The lowest BCUT2D eigenvalue weighted by molar-refractivity contribution is -0.148. The predicted octanol–water partition coefficient (Wildman–Crippen LogP) is 1.02. The van der Waals surface area contributed by atoms with Gasteiger partial charge in [0.05, 0.1) is 19.0 Å². The van der Waals surface area contributed by atoms with E-state index in [2.05, 4.69) is 15.0 Å². The summed E-state index contributed by atoms with van der Waals surface area (Å²) < 4.78 is 23.3. The van der Waals surface area contributed by atoms with Gasteiger partial charge in [0.15, 0.2) is 10.8 Å². The molecule has 3 heterocycles. The second kappa shape index (κ2) is 9.42. The van der Waals surface area contributed by atoms with Gasteiger partial charge in [-0.25, -0.2) is 14.8 Å². The molecule has 2 aromatic heterocycles. The highest BCUT2D eigenvalue weighted by Gasteiger charge is 2.38. The van der Waals surface area contributed by atoms with Gasteiger partial charge in [0.1, 0.15) is 11.7 Å². The molecule has 0 bridgehead atoms. The standard InChI is InChI=1S/C12H13Cl2N4O7P.CH4O/c13-8-7-9(17-12(14)16-8)18(4-15-7)6-2-1-5(25-6)3-24-11(10(19)20)26(21,22)23;1-2/h4-6,11H,1-3H2,(H,19,20)(H2,21,22,23);2H,1H3/t5-,6?,11?;/m0./s1. The maximum Gasteiger partial charge on any atom is 0.365 e. The quantitative estimate of drug-likeness (QED) is 0.276. The predicted molar refractivity (Wildman–Crippen MR) is 96.0 cm³/mol. The van der Waals surface area contributed by atoms with Crippen molar-refractivity contribution in [2.45, 2.75) is 31.0 Å². The molecule has 15 heteroatoms. The van der Waals surface area contributed by atoms with Gasteiger partial charge in [0, 0.05) is 7.11 Å². The molecule has 0 aromatic carbocycles. The average Bonchev–Trinajstić information content (AvgIpc) is 3.22. The third kappa shape index (κ3) is 5.16. The molecule has 0 radical (unpaired) electrons. The number of aliphatic carboxylic acids is 1. The van der Waals surface area contributed by atoms with Gasteiger partial charge >= 0.3 is 13.6 Å². The molecule has 12 nitrogen and oxygen atoms in total. The van der Waals surface area contributed by atoms with E-state index in [-0.39, 0.29) is 17.0 Å². The Morgan fingerprint density at radius 3 is 2.68 bits per heavy atom. The lowest BCUT2D eigenvalue weighted by Crippen LogP contribution is -2.28. The molecule has 1 fully saturated rings. The van der Waals surface area contributed by atoms with Gasteiger partial charge in [-0.3, -0.25) is 9.13 Å². The van der Waals surface area contributed by atoms with E-state index in [1.807, 2.05) is 0 Å². The van der Waals surface area contributed by atoms with Crippen LogP contribution in [0.2, 0.25) is 10.4 Å². The van der Waals surface area contributed by atoms with Crippen LogP contribution in [-0.4, -0.2) is 71.2 Å². The second-order valence-electron chi connectivity index (χ2n) is 5.51. The first-order valence-corrected chi connectivity index (χ1v) is 10.2. The number of carboxylic acid groups (broad SMARTS) is 1. The van der Waals surface area contributed by atoms with Gasteiger partial charge in [0.25, 0.3) is 5.85 Å². The lowest BCUT2D eigenvalue weighted by Gasteiger charge is -2.18. The van der Waals surface area contributed by atoms with Crippen LogP contribution in [0.4, 0.5) is 0 Å². The molecule has 0 aliphatic carbocycles.